The maximum atomic E-state index is 4.30. The number of rotatable bonds is 8. The second kappa shape index (κ2) is 8.05. The predicted octanol–water partition coefficient (Wildman–Crippen LogP) is 5.11. The molecule has 0 aliphatic carbocycles. The second-order valence-corrected chi connectivity index (χ2v) is 5.95. The summed E-state index contributed by atoms with van der Waals surface area (Å²) in [6, 6.07) is 10.3. The van der Waals surface area contributed by atoms with Crippen LogP contribution in [0.25, 0.3) is 10.6 Å². The number of benzene rings is 1. The van der Waals surface area contributed by atoms with Crippen molar-refractivity contribution in [1.82, 2.24) is 10.2 Å². The molecule has 0 bridgehead atoms. The quantitative estimate of drug-likeness (QED) is 0.625. The van der Waals surface area contributed by atoms with E-state index in [-0.39, 0.29) is 0 Å². The number of unbranched alkanes of at least 4 members (excludes halogenated alkanes) is 5. The molecule has 102 valence electrons. The number of hydrogen-bond acceptors (Lipinski definition) is 3. The summed E-state index contributed by atoms with van der Waals surface area (Å²) in [5, 5.41) is 10.8. The molecule has 3 heteroatoms. The van der Waals surface area contributed by atoms with E-state index in [2.05, 4.69) is 29.3 Å². The Bertz CT molecular complexity index is 465. The maximum Gasteiger partial charge on any atom is 0.147 e. The van der Waals surface area contributed by atoms with Gasteiger partial charge in [0.1, 0.15) is 10.0 Å². The third-order valence-corrected chi connectivity index (χ3v) is 4.26. The molecule has 2 aromatic rings. The first-order valence-electron chi connectivity index (χ1n) is 7.28. The molecule has 0 aliphatic rings. The summed E-state index contributed by atoms with van der Waals surface area (Å²) in [4.78, 5) is 0. The Morgan fingerprint density at radius 2 is 1.63 bits per heavy atom. The van der Waals surface area contributed by atoms with E-state index in [1.807, 2.05) is 18.2 Å². The zero-order valence-electron chi connectivity index (χ0n) is 11.6. The van der Waals surface area contributed by atoms with Gasteiger partial charge in [-0.3, -0.25) is 0 Å². The summed E-state index contributed by atoms with van der Waals surface area (Å²) in [7, 11) is 0. The van der Waals surface area contributed by atoms with Gasteiger partial charge in [-0.15, -0.1) is 10.2 Å². The van der Waals surface area contributed by atoms with Gasteiger partial charge in [0, 0.05) is 12.0 Å². The maximum absolute atomic E-state index is 4.30. The van der Waals surface area contributed by atoms with E-state index in [1.54, 1.807) is 11.3 Å². The highest BCUT2D eigenvalue weighted by molar-refractivity contribution is 7.14. The van der Waals surface area contributed by atoms with Crippen molar-refractivity contribution >= 4 is 11.3 Å². The third-order valence-electron chi connectivity index (χ3n) is 3.23. The fourth-order valence-electron chi connectivity index (χ4n) is 2.11. The molecular formula is C16H22N2S. The summed E-state index contributed by atoms with van der Waals surface area (Å²) < 4.78 is 0. The van der Waals surface area contributed by atoms with Crippen molar-refractivity contribution in [2.24, 2.45) is 0 Å². The molecule has 0 saturated heterocycles. The molecule has 0 saturated carbocycles. The van der Waals surface area contributed by atoms with Crippen LogP contribution in [-0.4, -0.2) is 10.2 Å². The van der Waals surface area contributed by atoms with Crippen LogP contribution in [0.15, 0.2) is 30.3 Å². The van der Waals surface area contributed by atoms with E-state index in [1.165, 1.54) is 49.1 Å². The van der Waals surface area contributed by atoms with E-state index in [0.717, 1.165) is 11.4 Å². The minimum absolute atomic E-state index is 1.04. The fraction of sp³-hybridized carbons (Fsp3) is 0.500. The number of nitrogens with zero attached hydrogens (tertiary/aromatic N) is 2. The molecule has 0 radical (unpaired) electrons. The first-order valence-corrected chi connectivity index (χ1v) is 8.09. The number of hydrogen-bond donors (Lipinski definition) is 0. The minimum atomic E-state index is 1.04. The van der Waals surface area contributed by atoms with E-state index < -0.39 is 0 Å². The average Bonchev–Trinajstić information content (AvgIpc) is 2.92. The lowest BCUT2D eigenvalue weighted by atomic mass is 10.1. The Hall–Kier alpha value is -1.22. The van der Waals surface area contributed by atoms with Crippen LogP contribution in [0.4, 0.5) is 0 Å². The second-order valence-electron chi connectivity index (χ2n) is 4.88. The van der Waals surface area contributed by atoms with Gasteiger partial charge in [0.2, 0.25) is 0 Å². The highest BCUT2D eigenvalue weighted by atomic mass is 32.1. The van der Waals surface area contributed by atoms with Crippen LogP contribution in [0.1, 0.15) is 50.5 Å². The monoisotopic (exact) mass is 274 g/mol. The molecule has 19 heavy (non-hydrogen) atoms. The van der Waals surface area contributed by atoms with Crippen LogP contribution < -0.4 is 0 Å². The highest BCUT2D eigenvalue weighted by Crippen LogP contribution is 2.24. The lowest BCUT2D eigenvalue weighted by Crippen LogP contribution is -1.85. The van der Waals surface area contributed by atoms with Crippen molar-refractivity contribution in [3.63, 3.8) is 0 Å². The van der Waals surface area contributed by atoms with Gasteiger partial charge in [-0.1, -0.05) is 80.7 Å². The average molecular weight is 274 g/mol. The summed E-state index contributed by atoms with van der Waals surface area (Å²) >= 11 is 1.73. The van der Waals surface area contributed by atoms with Crippen molar-refractivity contribution in [1.29, 1.82) is 0 Å². The molecule has 2 nitrogen and oxygen atoms in total. The minimum Gasteiger partial charge on any atom is -0.143 e. The smallest absolute Gasteiger partial charge is 0.143 e. The molecule has 0 aliphatic heterocycles. The topological polar surface area (TPSA) is 25.8 Å². The van der Waals surface area contributed by atoms with Gasteiger partial charge in [-0.05, 0) is 6.42 Å². The third kappa shape index (κ3) is 4.75. The zero-order valence-corrected chi connectivity index (χ0v) is 12.5. The largest absolute Gasteiger partial charge is 0.147 e. The van der Waals surface area contributed by atoms with Crippen LogP contribution in [0.5, 0.6) is 0 Å². The molecule has 0 fully saturated rings. The Morgan fingerprint density at radius 3 is 2.42 bits per heavy atom. The molecule has 2 rings (SSSR count). The molecule has 0 N–H and O–H groups in total. The molecule has 1 heterocycles. The van der Waals surface area contributed by atoms with Crippen LogP contribution >= 0.6 is 11.3 Å². The Labute approximate surface area is 119 Å². The van der Waals surface area contributed by atoms with E-state index in [9.17, 15) is 0 Å². The Balaban J connectivity index is 1.75. The highest BCUT2D eigenvalue weighted by Gasteiger charge is 2.05. The van der Waals surface area contributed by atoms with Crippen LogP contribution in [-0.2, 0) is 6.42 Å². The van der Waals surface area contributed by atoms with Gasteiger partial charge in [0.25, 0.3) is 0 Å². The molecule has 0 unspecified atom stereocenters. The Morgan fingerprint density at radius 1 is 0.895 bits per heavy atom. The van der Waals surface area contributed by atoms with Crippen molar-refractivity contribution in [2.45, 2.75) is 51.9 Å². The van der Waals surface area contributed by atoms with Crippen LogP contribution in [0.2, 0.25) is 0 Å². The van der Waals surface area contributed by atoms with Crippen molar-refractivity contribution in [3.8, 4) is 10.6 Å². The zero-order chi connectivity index (χ0) is 13.3. The molecule has 1 aromatic heterocycles. The van der Waals surface area contributed by atoms with Crippen molar-refractivity contribution in [2.75, 3.05) is 0 Å². The SMILES string of the molecule is CCCCCCCCc1nnc(-c2ccccc2)s1. The first kappa shape index (κ1) is 14.2. The summed E-state index contributed by atoms with van der Waals surface area (Å²) in [5.74, 6) is 0. The molecule has 0 spiro atoms. The Kier molecular flexibility index (Phi) is 6.02. The molecular weight excluding hydrogens is 252 g/mol. The van der Waals surface area contributed by atoms with Gasteiger partial charge in [-0.25, -0.2) is 0 Å². The fourth-order valence-corrected chi connectivity index (χ4v) is 3.00. The first-order chi connectivity index (χ1) is 9.40. The molecule has 0 amide bonds. The van der Waals surface area contributed by atoms with Crippen LogP contribution in [0, 0.1) is 0 Å². The normalized spacial score (nSPS) is 10.8. The van der Waals surface area contributed by atoms with E-state index >= 15 is 0 Å². The van der Waals surface area contributed by atoms with Crippen molar-refractivity contribution in [3.05, 3.63) is 35.3 Å². The standard InChI is InChI=1S/C16H22N2S/c1-2-3-4-5-6-10-13-15-17-18-16(19-15)14-11-8-7-9-12-14/h7-9,11-12H,2-6,10,13H2,1H3. The van der Waals surface area contributed by atoms with Gasteiger partial charge < -0.3 is 0 Å². The summed E-state index contributed by atoms with van der Waals surface area (Å²) in [6.07, 6.45) is 9.07. The van der Waals surface area contributed by atoms with Gasteiger partial charge >= 0.3 is 0 Å². The number of aromatic nitrogens is 2. The van der Waals surface area contributed by atoms with E-state index in [4.69, 9.17) is 0 Å². The van der Waals surface area contributed by atoms with E-state index in [0.29, 0.717) is 0 Å². The van der Waals surface area contributed by atoms with Gasteiger partial charge in [-0.2, -0.15) is 0 Å². The van der Waals surface area contributed by atoms with Gasteiger partial charge in [0.15, 0.2) is 0 Å². The molecule has 1 aromatic carbocycles. The van der Waals surface area contributed by atoms with Crippen LogP contribution in [0.3, 0.4) is 0 Å². The molecule has 0 atom stereocenters. The lowest BCUT2D eigenvalue weighted by Gasteiger charge is -1.98. The summed E-state index contributed by atoms with van der Waals surface area (Å²) in [5.41, 5.74) is 1.18. The summed E-state index contributed by atoms with van der Waals surface area (Å²) in [6.45, 7) is 2.26. The predicted molar refractivity (Wildman–Crippen MR) is 82.4 cm³/mol. The number of aryl methyl sites for hydroxylation is 1. The van der Waals surface area contributed by atoms with Crippen molar-refractivity contribution < 1.29 is 0 Å². The lowest BCUT2D eigenvalue weighted by molar-refractivity contribution is 0.606. The van der Waals surface area contributed by atoms with Gasteiger partial charge in [0.05, 0.1) is 0 Å².